The third kappa shape index (κ3) is 2.91. The quantitative estimate of drug-likeness (QED) is 0.835. The Bertz CT molecular complexity index is 253. The van der Waals surface area contributed by atoms with Gasteiger partial charge in [0.05, 0.1) is 0 Å². The summed E-state index contributed by atoms with van der Waals surface area (Å²) < 4.78 is 0. The lowest BCUT2D eigenvalue weighted by Gasteiger charge is -2.48. The van der Waals surface area contributed by atoms with E-state index in [-0.39, 0.29) is 0 Å². The number of hydrogen-bond donors (Lipinski definition) is 1. The highest BCUT2D eigenvalue weighted by Gasteiger charge is 2.37. The molecule has 0 bridgehead atoms. The maximum Gasteiger partial charge on any atom is 0.0141 e. The van der Waals surface area contributed by atoms with Gasteiger partial charge in [-0.3, -0.25) is 4.90 Å². The van der Waals surface area contributed by atoms with Gasteiger partial charge in [0.2, 0.25) is 0 Å². The Hall–Kier alpha value is -0.0800. The largest absolute Gasteiger partial charge is 0.330 e. The van der Waals surface area contributed by atoms with Gasteiger partial charge in [-0.25, -0.2) is 0 Å². The molecule has 2 heteroatoms. The van der Waals surface area contributed by atoms with Crippen molar-refractivity contribution in [2.24, 2.45) is 23.5 Å². The van der Waals surface area contributed by atoms with E-state index in [0.29, 0.717) is 0 Å². The highest BCUT2D eigenvalue weighted by molar-refractivity contribution is 4.91. The number of piperidine rings is 1. The van der Waals surface area contributed by atoms with Gasteiger partial charge < -0.3 is 5.73 Å². The summed E-state index contributed by atoms with van der Waals surface area (Å²) in [6, 6.07) is 1.53. The first-order valence-corrected chi connectivity index (χ1v) is 8.13. The summed E-state index contributed by atoms with van der Waals surface area (Å²) in [5.74, 6) is 2.56. The fraction of sp³-hybridized carbons (Fsp3) is 1.00. The molecule has 0 spiro atoms. The van der Waals surface area contributed by atoms with Gasteiger partial charge in [-0.1, -0.05) is 26.7 Å². The van der Waals surface area contributed by atoms with Gasteiger partial charge in [-0.2, -0.15) is 0 Å². The molecule has 1 heterocycles. The second-order valence-electron chi connectivity index (χ2n) is 6.75. The minimum atomic E-state index is 0.751. The van der Waals surface area contributed by atoms with E-state index in [1.54, 1.807) is 0 Å². The molecule has 5 unspecified atom stereocenters. The standard InChI is InChI=1S/C16H32N2/c1-4-14-7-8-15(11-17)16(10-14)18-9-5-6-12(2)13(18)3/h12-16H,4-11,17H2,1-3H3. The monoisotopic (exact) mass is 252 g/mol. The predicted octanol–water partition coefficient (Wildman–Crippen LogP) is 3.26. The Morgan fingerprint density at radius 2 is 1.94 bits per heavy atom. The van der Waals surface area contributed by atoms with Crippen LogP contribution in [0.5, 0.6) is 0 Å². The molecule has 2 aliphatic rings. The van der Waals surface area contributed by atoms with Crippen LogP contribution >= 0.6 is 0 Å². The lowest BCUT2D eigenvalue weighted by molar-refractivity contribution is 0.00979. The van der Waals surface area contributed by atoms with Crippen LogP contribution in [0.4, 0.5) is 0 Å². The first kappa shape index (κ1) is 14.3. The molecule has 2 rings (SSSR count). The van der Waals surface area contributed by atoms with E-state index >= 15 is 0 Å². The van der Waals surface area contributed by atoms with Crippen LogP contribution in [0.15, 0.2) is 0 Å². The smallest absolute Gasteiger partial charge is 0.0141 e. The Morgan fingerprint density at radius 1 is 1.17 bits per heavy atom. The molecule has 1 saturated carbocycles. The van der Waals surface area contributed by atoms with Crippen LogP contribution in [0, 0.1) is 17.8 Å². The maximum absolute atomic E-state index is 6.04. The van der Waals surface area contributed by atoms with Crippen LogP contribution in [0.3, 0.4) is 0 Å². The molecule has 2 nitrogen and oxygen atoms in total. The van der Waals surface area contributed by atoms with E-state index in [1.807, 2.05) is 0 Å². The number of rotatable bonds is 3. The zero-order valence-corrected chi connectivity index (χ0v) is 12.6. The maximum atomic E-state index is 6.04. The Balaban J connectivity index is 2.06. The zero-order valence-electron chi connectivity index (χ0n) is 12.6. The average Bonchev–Trinajstić information content (AvgIpc) is 2.41. The minimum absolute atomic E-state index is 0.751. The van der Waals surface area contributed by atoms with Crippen molar-refractivity contribution in [2.45, 2.75) is 71.4 Å². The van der Waals surface area contributed by atoms with Crippen LogP contribution in [0.2, 0.25) is 0 Å². The van der Waals surface area contributed by atoms with Crippen molar-refractivity contribution in [3.8, 4) is 0 Å². The van der Waals surface area contributed by atoms with Crippen LogP contribution in [0.25, 0.3) is 0 Å². The molecule has 2 N–H and O–H groups in total. The summed E-state index contributed by atoms with van der Waals surface area (Å²) in [4.78, 5) is 2.81. The second-order valence-corrected chi connectivity index (χ2v) is 6.75. The van der Waals surface area contributed by atoms with Crippen molar-refractivity contribution in [1.29, 1.82) is 0 Å². The number of hydrogen-bond acceptors (Lipinski definition) is 2. The van der Waals surface area contributed by atoms with E-state index in [1.165, 1.54) is 45.1 Å². The second kappa shape index (κ2) is 6.38. The van der Waals surface area contributed by atoms with E-state index < -0.39 is 0 Å². The predicted molar refractivity (Wildman–Crippen MR) is 78.5 cm³/mol. The first-order chi connectivity index (χ1) is 8.67. The summed E-state index contributed by atoms with van der Waals surface area (Å²) in [6.07, 6.45) is 8.32. The third-order valence-electron chi connectivity index (χ3n) is 5.79. The van der Waals surface area contributed by atoms with Gasteiger partial charge >= 0.3 is 0 Å². The van der Waals surface area contributed by atoms with E-state index in [2.05, 4.69) is 25.7 Å². The normalized spacial score (nSPS) is 43.0. The molecule has 0 aromatic heterocycles. The van der Waals surface area contributed by atoms with Crippen LogP contribution in [-0.2, 0) is 0 Å². The molecule has 0 amide bonds. The molecule has 1 aliphatic carbocycles. The van der Waals surface area contributed by atoms with Gasteiger partial charge in [0.25, 0.3) is 0 Å². The van der Waals surface area contributed by atoms with Gasteiger partial charge in [-0.15, -0.1) is 0 Å². The van der Waals surface area contributed by atoms with Crippen LogP contribution < -0.4 is 5.73 Å². The van der Waals surface area contributed by atoms with Crippen LogP contribution in [0.1, 0.15) is 59.3 Å². The lowest BCUT2D eigenvalue weighted by Crippen LogP contribution is -2.54. The SMILES string of the molecule is CCC1CCC(CN)C(N2CCCC(C)C2C)C1. The topological polar surface area (TPSA) is 29.3 Å². The fourth-order valence-electron chi connectivity index (χ4n) is 4.18. The molecule has 0 aromatic rings. The Morgan fingerprint density at radius 3 is 2.61 bits per heavy atom. The van der Waals surface area contributed by atoms with Crippen molar-refractivity contribution in [1.82, 2.24) is 4.90 Å². The molecule has 1 saturated heterocycles. The zero-order chi connectivity index (χ0) is 13.1. The van der Waals surface area contributed by atoms with Crippen molar-refractivity contribution in [2.75, 3.05) is 13.1 Å². The van der Waals surface area contributed by atoms with E-state index in [0.717, 1.165) is 36.4 Å². The summed E-state index contributed by atoms with van der Waals surface area (Å²) in [5, 5.41) is 0. The fourth-order valence-corrected chi connectivity index (χ4v) is 4.18. The molecule has 106 valence electrons. The van der Waals surface area contributed by atoms with Crippen molar-refractivity contribution in [3.63, 3.8) is 0 Å². The highest BCUT2D eigenvalue weighted by atomic mass is 15.2. The van der Waals surface area contributed by atoms with Gasteiger partial charge in [-0.05, 0) is 63.5 Å². The number of nitrogens with two attached hydrogens (primary N) is 1. The van der Waals surface area contributed by atoms with E-state index in [4.69, 9.17) is 5.73 Å². The Kier molecular flexibility index (Phi) is 5.08. The minimum Gasteiger partial charge on any atom is -0.330 e. The molecule has 18 heavy (non-hydrogen) atoms. The molecule has 0 aromatic carbocycles. The van der Waals surface area contributed by atoms with E-state index in [9.17, 15) is 0 Å². The molecular weight excluding hydrogens is 220 g/mol. The Labute approximate surface area is 113 Å². The number of nitrogens with zero attached hydrogens (tertiary/aromatic N) is 1. The lowest BCUT2D eigenvalue weighted by atomic mass is 9.75. The molecule has 1 aliphatic heterocycles. The van der Waals surface area contributed by atoms with Crippen molar-refractivity contribution < 1.29 is 0 Å². The van der Waals surface area contributed by atoms with Crippen molar-refractivity contribution >= 4 is 0 Å². The highest BCUT2D eigenvalue weighted by Crippen LogP contribution is 2.37. The molecular formula is C16H32N2. The summed E-state index contributed by atoms with van der Waals surface area (Å²) in [6.45, 7) is 9.41. The summed E-state index contributed by atoms with van der Waals surface area (Å²) in [7, 11) is 0. The van der Waals surface area contributed by atoms with Crippen molar-refractivity contribution in [3.05, 3.63) is 0 Å². The third-order valence-corrected chi connectivity index (χ3v) is 5.79. The summed E-state index contributed by atoms with van der Waals surface area (Å²) in [5.41, 5.74) is 6.04. The van der Waals surface area contributed by atoms with Crippen LogP contribution in [-0.4, -0.2) is 30.1 Å². The molecule has 5 atom stereocenters. The van der Waals surface area contributed by atoms with Gasteiger partial charge in [0.1, 0.15) is 0 Å². The molecule has 0 radical (unpaired) electrons. The average molecular weight is 252 g/mol. The van der Waals surface area contributed by atoms with Gasteiger partial charge in [0, 0.05) is 12.1 Å². The molecule has 2 fully saturated rings. The summed E-state index contributed by atoms with van der Waals surface area (Å²) >= 11 is 0. The number of likely N-dealkylation sites (tertiary alicyclic amines) is 1. The first-order valence-electron chi connectivity index (χ1n) is 8.13. The van der Waals surface area contributed by atoms with Gasteiger partial charge in [0.15, 0.2) is 0 Å².